The van der Waals surface area contributed by atoms with Gasteiger partial charge in [0.25, 0.3) is 5.91 Å². The zero-order valence-electron chi connectivity index (χ0n) is 15.2. The van der Waals surface area contributed by atoms with Crippen molar-refractivity contribution in [3.05, 3.63) is 48.0 Å². The number of amides is 1. The van der Waals surface area contributed by atoms with E-state index < -0.39 is 0 Å². The van der Waals surface area contributed by atoms with Gasteiger partial charge in [-0.1, -0.05) is 18.2 Å². The number of nitrogens with zero attached hydrogens (tertiary/aromatic N) is 1. The number of fused-ring (bicyclic) bond motifs is 1. The van der Waals surface area contributed by atoms with Crippen molar-refractivity contribution in [2.75, 3.05) is 33.9 Å². The van der Waals surface area contributed by atoms with Crippen molar-refractivity contribution in [2.24, 2.45) is 0 Å². The van der Waals surface area contributed by atoms with E-state index in [9.17, 15) is 4.79 Å². The molecule has 138 valence electrons. The van der Waals surface area contributed by atoms with Gasteiger partial charge in [0.15, 0.2) is 35.7 Å². The summed E-state index contributed by atoms with van der Waals surface area (Å²) in [6, 6.07) is 13.1. The lowest BCUT2D eigenvalue weighted by atomic mass is 10.2. The maximum Gasteiger partial charge on any atom is 0.260 e. The molecule has 1 amide bonds. The number of carbonyl (C=O) groups excluding carboxylic acids is 1. The van der Waals surface area contributed by atoms with Gasteiger partial charge >= 0.3 is 0 Å². The molecule has 26 heavy (non-hydrogen) atoms. The second kappa shape index (κ2) is 7.99. The Kier molecular flexibility index (Phi) is 5.51. The molecular formula is C20H23NO5. The number of hydrogen-bond donors (Lipinski definition) is 0. The fraction of sp³-hybridized carbons (Fsp3) is 0.350. The number of aryl methyl sites for hydroxylation is 1. The summed E-state index contributed by atoms with van der Waals surface area (Å²) in [5.74, 6) is 2.44. The fourth-order valence-corrected chi connectivity index (χ4v) is 2.70. The summed E-state index contributed by atoms with van der Waals surface area (Å²) in [5, 5.41) is 0. The molecule has 6 nitrogen and oxygen atoms in total. The molecule has 2 aromatic carbocycles. The monoisotopic (exact) mass is 357 g/mol. The normalized spacial score (nSPS) is 15.3. The van der Waals surface area contributed by atoms with Crippen LogP contribution in [0.25, 0.3) is 0 Å². The Labute approximate surface area is 153 Å². The molecule has 1 aliphatic heterocycles. The van der Waals surface area contributed by atoms with Crippen molar-refractivity contribution in [1.82, 2.24) is 4.90 Å². The van der Waals surface area contributed by atoms with Gasteiger partial charge in [0.05, 0.1) is 13.7 Å². The summed E-state index contributed by atoms with van der Waals surface area (Å²) in [7, 11) is 3.30. The van der Waals surface area contributed by atoms with E-state index in [0.29, 0.717) is 30.4 Å². The van der Waals surface area contributed by atoms with E-state index >= 15 is 0 Å². The first kappa shape index (κ1) is 17.9. The van der Waals surface area contributed by atoms with Gasteiger partial charge in [0, 0.05) is 7.05 Å². The Balaban J connectivity index is 1.52. The summed E-state index contributed by atoms with van der Waals surface area (Å²) >= 11 is 0. The van der Waals surface area contributed by atoms with Gasteiger partial charge in [-0.3, -0.25) is 4.79 Å². The van der Waals surface area contributed by atoms with Crippen LogP contribution in [0.4, 0.5) is 0 Å². The number of ether oxygens (including phenoxy) is 4. The van der Waals surface area contributed by atoms with Crippen molar-refractivity contribution in [3.63, 3.8) is 0 Å². The molecule has 2 aromatic rings. The molecule has 6 heteroatoms. The highest BCUT2D eigenvalue weighted by molar-refractivity contribution is 5.77. The molecule has 0 spiro atoms. The van der Waals surface area contributed by atoms with Gasteiger partial charge in [-0.2, -0.15) is 0 Å². The quantitative estimate of drug-likeness (QED) is 0.796. The van der Waals surface area contributed by atoms with Gasteiger partial charge in [0.2, 0.25) is 0 Å². The molecule has 3 rings (SSSR count). The van der Waals surface area contributed by atoms with Crippen LogP contribution in [-0.2, 0) is 4.79 Å². The van der Waals surface area contributed by atoms with Crippen molar-refractivity contribution in [1.29, 1.82) is 0 Å². The van der Waals surface area contributed by atoms with Crippen LogP contribution in [-0.4, -0.2) is 50.8 Å². The minimum Gasteiger partial charge on any atom is -0.493 e. The third-order valence-electron chi connectivity index (χ3n) is 4.14. The Morgan fingerprint density at radius 1 is 1.19 bits per heavy atom. The average molecular weight is 357 g/mol. The molecule has 1 heterocycles. The van der Waals surface area contributed by atoms with E-state index in [1.54, 1.807) is 25.1 Å². The van der Waals surface area contributed by atoms with E-state index in [-0.39, 0.29) is 18.6 Å². The van der Waals surface area contributed by atoms with Crippen LogP contribution in [0.2, 0.25) is 0 Å². The standard InChI is InChI=1S/C20H23NO5/c1-14-8-9-17(19(10-14)23-3)25-13-20(22)21(2)11-15-12-24-16-6-4-5-7-18(16)26-15/h4-10,15H,11-13H2,1-3H3/t15-/m0/s1. The molecular weight excluding hydrogens is 334 g/mol. The van der Waals surface area contributed by atoms with Crippen LogP contribution in [0.15, 0.2) is 42.5 Å². The van der Waals surface area contributed by atoms with Crippen molar-refractivity contribution in [3.8, 4) is 23.0 Å². The summed E-state index contributed by atoms with van der Waals surface area (Å²) in [5.41, 5.74) is 1.06. The Morgan fingerprint density at radius 3 is 2.73 bits per heavy atom. The number of likely N-dealkylation sites (N-methyl/N-ethyl adjacent to an activating group) is 1. The molecule has 0 radical (unpaired) electrons. The lowest BCUT2D eigenvalue weighted by Gasteiger charge is -2.29. The predicted molar refractivity (Wildman–Crippen MR) is 97.2 cm³/mol. The molecule has 0 unspecified atom stereocenters. The molecule has 0 aromatic heterocycles. The van der Waals surface area contributed by atoms with Crippen molar-refractivity contribution in [2.45, 2.75) is 13.0 Å². The van der Waals surface area contributed by atoms with E-state index in [4.69, 9.17) is 18.9 Å². The minimum atomic E-state index is -0.215. The van der Waals surface area contributed by atoms with E-state index in [1.807, 2.05) is 43.3 Å². The summed E-state index contributed by atoms with van der Waals surface area (Å²) < 4.78 is 22.5. The molecule has 0 saturated carbocycles. The second-order valence-corrected chi connectivity index (χ2v) is 6.21. The first-order chi connectivity index (χ1) is 12.6. The van der Waals surface area contributed by atoms with Gasteiger partial charge < -0.3 is 23.8 Å². The van der Waals surface area contributed by atoms with Crippen LogP contribution < -0.4 is 18.9 Å². The zero-order chi connectivity index (χ0) is 18.5. The maximum absolute atomic E-state index is 12.4. The number of carbonyl (C=O) groups is 1. The second-order valence-electron chi connectivity index (χ2n) is 6.21. The first-order valence-corrected chi connectivity index (χ1v) is 8.46. The van der Waals surface area contributed by atoms with E-state index in [2.05, 4.69) is 0 Å². The molecule has 0 saturated heterocycles. The Morgan fingerprint density at radius 2 is 1.96 bits per heavy atom. The average Bonchev–Trinajstić information content (AvgIpc) is 2.66. The topological polar surface area (TPSA) is 57.2 Å². The van der Waals surface area contributed by atoms with E-state index in [1.165, 1.54) is 0 Å². The van der Waals surface area contributed by atoms with Crippen LogP contribution in [0, 0.1) is 6.92 Å². The minimum absolute atomic E-state index is 0.0694. The summed E-state index contributed by atoms with van der Waals surface area (Å²) in [4.78, 5) is 14.0. The first-order valence-electron chi connectivity index (χ1n) is 8.46. The largest absolute Gasteiger partial charge is 0.493 e. The van der Waals surface area contributed by atoms with Crippen LogP contribution >= 0.6 is 0 Å². The Bertz CT molecular complexity index is 777. The molecule has 0 aliphatic carbocycles. The van der Waals surface area contributed by atoms with Crippen LogP contribution in [0.5, 0.6) is 23.0 Å². The molecule has 0 fully saturated rings. The maximum atomic E-state index is 12.4. The van der Waals surface area contributed by atoms with Gasteiger partial charge in [-0.25, -0.2) is 0 Å². The SMILES string of the molecule is COc1cc(C)ccc1OCC(=O)N(C)C[C@H]1COc2ccccc2O1. The number of benzene rings is 2. The number of rotatable bonds is 6. The highest BCUT2D eigenvalue weighted by Gasteiger charge is 2.24. The third-order valence-corrected chi connectivity index (χ3v) is 4.14. The zero-order valence-corrected chi connectivity index (χ0v) is 15.2. The van der Waals surface area contributed by atoms with E-state index in [0.717, 1.165) is 11.3 Å². The summed E-state index contributed by atoms with van der Waals surface area (Å²) in [6.07, 6.45) is -0.215. The Hall–Kier alpha value is -2.89. The molecule has 1 aliphatic rings. The predicted octanol–water partition coefficient (Wildman–Crippen LogP) is 2.68. The smallest absolute Gasteiger partial charge is 0.260 e. The highest BCUT2D eigenvalue weighted by atomic mass is 16.6. The molecule has 1 atom stereocenters. The number of methoxy groups -OCH3 is 1. The van der Waals surface area contributed by atoms with Gasteiger partial charge in [0.1, 0.15) is 6.61 Å². The highest BCUT2D eigenvalue weighted by Crippen LogP contribution is 2.31. The van der Waals surface area contributed by atoms with Crippen molar-refractivity contribution < 1.29 is 23.7 Å². The lowest BCUT2D eigenvalue weighted by molar-refractivity contribution is -0.133. The van der Waals surface area contributed by atoms with Crippen molar-refractivity contribution >= 4 is 5.91 Å². The molecule has 0 N–H and O–H groups in total. The third kappa shape index (κ3) is 4.20. The summed E-state index contributed by atoms with van der Waals surface area (Å²) in [6.45, 7) is 2.72. The van der Waals surface area contributed by atoms with Crippen LogP contribution in [0.1, 0.15) is 5.56 Å². The number of para-hydroxylation sites is 2. The van der Waals surface area contributed by atoms with Gasteiger partial charge in [-0.15, -0.1) is 0 Å². The fourth-order valence-electron chi connectivity index (χ4n) is 2.70. The lowest BCUT2D eigenvalue weighted by Crippen LogP contribution is -2.43. The van der Waals surface area contributed by atoms with Gasteiger partial charge in [-0.05, 0) is 36.8 Å². The van der Waals surface area contributed by atoms with Crippen LogP contribution in [0.3, 0.4) is 0 Å². The molecule has 0 bridgehead atoms. The number of hydrogen-bond acceptors (Lipinski definition) is 5.